The summed E-state index contributed by atoms with van der Waals surface area (Å²) in [6, 6.07) is 0. The van der Waals surface area contributed by atoms with Gasteiger partial charge in [-0.1, -0.05) is 11.3 Å². The molecule has 8 heteroatoms. The smallest absolute Gasteiger partial charge is 0.305 e. The normalized spacial score (nSPS) is 12.2. The van der Waals surface area contributed by atoms with E-state index in [1.165, 1.54) is 18.5 Å². The number of methoxy groups -OCH3 is 1. The zero-order chi connectivity index (χ0) is 12.3. The van der Waals surface area contributed by atoms with Crippen LogP contribution in [0.3, 0.4) is 0 Å². The fraction of sp³-hybridized carbons (Fsp3) is 0.625. The van der Waals surface area contributed by atoms with Crippen molar-refractivity contribution in [2.75, 3.05) is 27.3 Å². The number of aromatic nitrogens is 1. The lowest BCUT2D eigenvalue weighted by Crippen LogP contribution is -2.30. The molecule has 0 aliphatic rings. The SMILES string of the molecule is COCCN(C)S(=O)(=O)c1sc(=O)[nH]c1C. The first-order valence-corrected chi connectivity index (χ1v) is 6.80. The molecule has 0 amide bonds. The van der Waals surface area contributed by atoms with E-state index in [1.807, 2.05) is 0 Å². The van der Waals surface area contributed by atoms with E-state index in [0.29, 0.717) is 23.6 Å². The maximum absolute atomic E-state index is 12.0. The molecule has 0 aliphatic carbocycles. The maximum Gasteiger partial charge on any atom is 0.305 e. The predicted octanol–water partition coefficient (Wildman–Crippen LogP) is 0.0117. The molecule has 0 saturated carbocycles. The highest BCUT2D eigenvalue weighted by atomic mass is 32.2. The number of nitrogens with zero attached hydrogens (tertiary/aromatic N) is 1. The molecule has 0 radical (unpaired) electrons. The Morgan fingerprint density at radius 3 is 2.56 bits per heavy atom. The lowest BCUT2D eigenvalue weighted by Gasteiger charge is -2.15. The van der Waals surface area contributed by atoms with Crippen LogP contribution in [0.5, 0.6) is 0 Å². The van der Waals surface area contributed by atoms with Gasteiger partial charge in [-0.2, -0.15) is 4.31 Å². The molecule has 0 bridgehead atoms. The van der Waals surface area contributed by atoms with Gasteiger partial charge in [-0.25, -0.2) is 8.42 Å². The molecule has 6 nitrogen and oxygen atoms in total. The minimum absolute atomic E-state index is 0.0658. The summed E-state index contributed by atoms with van der Waals surface area (Å²) in [4.78, 5) is 13.1. The molecule has 1 aromatic heterocycles. The molecule has 0 saturated heterocycles. The van der Waals surface area contributed by atoms with Crippen molar-refractivity contribution >= 4 is 21.4 Å². The summed E-state index contributed by atoms with van der Waals surface area (Å²) in [7, 11) is -0.624. The van der Waals surface area contributed by atoms with Gasteiger partial charge in [-0.05, 0) is 6.92 Å². The van der Waals surface area contributed by atoms with E-state index in [4.69, 9.17) is 4.74 Å². The molecule has 1 N–H and O–H groups in total. The fourth-order valence-corrected chi connectivity index (χ4v) is 3.76. The minimum Gasteiger partial charge on any atom is -0.383 e. The number of sulfonamides is 1. The Bertz CT molecular complexity index is 502. The lowest BCUT2D eigenvalue weighted by molar-refractivity contribution is 0.185. The van der Waals surface area contributed by atoms with Crippen molar-refractivity contribution in [3.05, 3.63) is 15.4 Å². The Morgan fingerprint density at radius 1 is 1.50 bits per heavy atom. The zero-order valence-corrected chi connectivity index (χ0v) is 10.9. The van der Waals surface area contributed by atoms with Crippen LogP contribution in [0.4, 0.5) is 0 Å². The maximum atomic E-state index is 12.0. The van der Waals surface area contributed by atoms with E-state index in [0.717, 1.165) is 0 Å². The van der Waals surface area contributed by atoms with Crippen LogP contribution in [0.25, 0.3) is 0 Å². The quantitative estimate of drug-likeness (QED) is 0.814. The van der Waals surface area contributed by atoms with Gasteiger partial charge in [0.2, 0.25) is 0 Å². The Balaban J connectivity index is 3.02. The van der Waals surface area contributed by atoms with Crippen molar-refractivity contribution in [2.45, 2.75) is 11.1 Å². The van der Waals surface area contributed by atoms with E-state index >= 15 is 0 Å². The largest absolute Gasteiger partial charge is 0.383 e. The second kappa shape index (κ2) is 5.09. The highest BCUT2D eigenvalue weighted by Gasteiger charge is 2.25. The number of nitrogens with one attached hydrogen (secondary N) is 1. The summed E-state index contributed by atoms with van der Waals surface area (Å²) in [6.07, 6.45) is 0. The van der Waals surface area contributed by atoms with E-state index in [1.54, 1.807) is 6.92 Å². The highest BCUT2D eigenvalue weighted by molar-refractivity contribution is 7.91. The lowest BCUT2D eigenvalue weighted by atomic mass is 10.6. The number of likely N-dealkylation sites (N-methyl/N-ethyl adjacent to an activating group) is 1. The molecule has 16 heavy (non-hydrogen) atoms. The molecule has 1 aromatic rings. The summed E-state index contributed by atoms with van der Waals surface area (Å²) < 4.78 is 30.0. The number of rotatable bonds is 5. The third-order valence-electron chi connectivity index (χ3n) is 2.04. The molecular weight excluding hydrogens is 252 g/mol. The number of hydrogen-bond donors (Lipinski definition) is 1. The van der Waals surface area contributed by atoms with Crippen LogP contribution in [-0.4, -0.2) is 45.0 Å². The zero-order valence-electron chi connectivity index (χ0n) is 9.31. The number of aryl methyl sites for hydroxylation is 1. The Kier molecular flexibility index (Phi) is 4.25. The summed E-state index contributed by atoms with van der Waals surface area (Å²) >= 11 is 0.702. The number of aromatic amines is 1. The van der Waals surface area contributed by atoms with Gasteiger partial charge in [0.25, 0.3) is 10.0 Å². The molecule has 0 atom stereocenters. The van der Waals surface area contributed by atoms with Gasteiger partial charge in [0.05, 0.1) is 6.61 Å². The second-order valence-electron chi connectivity index (χ2n) is 3.25. The first-order valence-electron chi connectivity index (χ1n) is 4.54. The average Bonchev–Trinajstić information content (AvgIpc) is 2.54. The van der Waals surface area contributed by atoms with Gasteiger partial charge in [0.1, 0.15) is 0 Å². The van der Waals surface area contributed by atoms with E-state index < -0.39 is 10.0 Å². The molecule has 92 valence electrons. The fourth-order valence-electron chi connectivity index (χ4n) is 1.12. The first kappa shape index (κ1) is 13.4. The number of ether oxygens (including phenoxy) is 1. The van der Waals surface area contributed by atoms with Crippen LogP contribution in [0.15, 0.2) is 9.00 Å². The summed E-state index contributed by atoms with van der Waals surface area (Å²) in [5.41, 5.74) is 0.374. The van der Waals surface area contributed by atoms with Crippen LogP contribution >= 0.6 is 11.3 Å². The Hall–Kier alpha value is -0.700. The minimum atomic E-state index is -3.58. The standard InChI is InChI=1S/C8H14N2O4S2/c1-6-7(15-8(11)9-6)16(12,13)10(2)4-5-14-3/h4-5H2,1-3H3,(H,9,11). The van der Waals surface area contributed by atoms with Crippen LogP contribution in [0.1, 0.15) is 5.69 Å². The van der Waals surface area contributed by atoms with Crippen molar-refractivity contribution in [3.63, 3.8) is 0 Å². The van der Waals surface area contributed by atoms with E-state index in [9.17, 15) is 13.2 Å². The highest BCUT2D eigenvalue weighted by Crippen LogP contribution is 2.19. The molecular formula is C8H14N2O4S2. The predicted molar refractivity (Wildman–Crippen MR) is 61.4 cm³/mol. The van der Waals surface area contributed by atoms with Gasteiger partial charge < -0.3 is 9.72 Å². The van der Waals surface area contributed by atoms with Crippen molar-refractivity contribution in [1.29, 1.82) is 0 Å². The van der Waals surface area contributed by atoms with Gasteiger partial charge in [0.15, 0.2) is 4.21 Å². The topological polar surface area (TPSA) is 79.5 Å². The van der Waals surface area contributed by atoms with Gasteiger partial charge in [-0.3, -0.25) is 4.79 Å². The Labute approximate surface area is 97.9 Å². The van der Waals surface area contributed by atoms with Gasteiger partial charge in [-0.15, -0.1) is 0 Å². The summed E-state index contributed by atoms with van der Waals surface area (Å²) in [5.74, 6) is 0. The third kappa shape index (κ3) is 2.70. The molecule has 0 unspecified atom stereocenters. The molecule has 0 aliphatic heterocycles. The monoisotopic (exact) mass is 266 g/mol. The first-order chi connectivity index (χ1) is 7.39. The second-order valence-corrected chi connectivity index (χ2v) is 6.47. The summed E-state index contributed by atoms with van der Waals surface area (Å²) in [5, 5.41) is 0. The van der Waals surface area contributed by atoms with Crippen molar-refractivity contribution in [3.8, 4) is 0 Å². The van der Waals surface area contributed by atoms with E-state index in [2.05, 4.69) is 4.98 Å². The molecule has 1 rings (SSSR count). The van der Waals surface area contributed by atoms with Crippen LogP contribution < -0.4 is 4.87 Å². The van der Waals surface area contributed by atoms with Crippen LogP contribution in [-0.2, 0) is 14.8 Å². The van der Waals surface area contributed by atoms with Crippen molar-refractivity contribution < 1.29 is 13.2 Å². The van der Waals surface area contributed by atoms with Crippen molar-refractivity contribution in [2.24, 2.45) is 0 Å². The molecule has 0 aromatic carbocycles. The molecule has 0 fully saturated rings. The van der Waals surface area contributed by atoms with Gasteiger partial charge in [0, 0.05) is 26.4 Å². The number of H-pyrrole nitrogens is 1. The van der Waals surface area contributed by atoms with Crippen LogP contribution in [0, 0.1) is 6.92 Å². The molecule has 1 heterocycles. The van der Waals surface area contributed by atoms with Crippen molar-refractivity contribution in [1.82, 2.24) is 9.29 Å². The molecule has 0 spiro atoms. The summed E-state index contributed by atoms with van der Waals surface area (Å²) in [6.45, 7) is 2.13. The van der Waals surface area contributed by atoms with E-state index in [-0.39, 0.29) is 15.6 Å². The third-order valence-corrected chi connectivity index (χ3v) is 5.47. The number of hydrogen-bond acceptors (Lipinski definition) is 5. The average molecular weight is 266 g/mol. The van der Waals surface area contributed by atoms with Gasteiger partial charge >= 0.3 is 4.87 Å². The number of thiazole rings is 1. The van der Waals surface area contributed by atoms with Crippen LogP contribution in [0.2, 0.25) is 0 Å². The Morgan fingerprint density at radius 2 is 2.12 bits per heavy atom.